The Hall–Kier alpha value is -2.15. The van der Waals surface area contributed by atoms with Crippen molar-refractivity contribution >= 4 is 11.9 Å². The lowest BCUT2D eigenvalue weighted by Gasteiger charge is -2.49. The van der Waals surface area contributed by atoms with Gasteiger partial charge < -0.3 is 15.1 Å². The van der Waals surface area contributed by atoms with Gasteiger partial charge in [-0.05, 0) is 37.6 Å². The molecule has 2 fully saturated rings. The van der Waals surface area contributed by atoms with Crippen LogP contribution in [0.3, 0.4) is 0 Å². The summed E-state index contributed by atoms with van der Waals surface area (Å²) in [5.41, 5.74) is 0.719. The Morgan fingerprint density at radius 2 is 1.88 bits per heavy atom. The number of halogens is 1. The molecule has 26 heavy (non-hydrogen) atoms. The van der Waals surface area contributed by atoms with E-state index >= 15 is 0 Å². The second-order valence-electron chi connectivity index (χ2n) is 7.42. The minimum Gasteiger partial charge on any atom is -0.346 e. The Balaban J connectivity index is 1.62. The summed E-state index contributed by atoms with van der Waals surface area (Å²) >= 11 is 0. The molecule has 3 amide bonds. The van der Waals surface area contributed by atoms with Gasteiger partial charge in [0.2, 0.25) is 5.91 Å². The molecule has 3 rings (SSSR count). The molecule has 2 aliphatic rings. The molecule has 1 aromatic carbocycles. The second kappa shape index (κ2) is 7.61. The zero-order valence-electron chi connectivity index (χ0n) is 15.5. The quantitative estimate of drug-likeness (QED) is 0.871. The Kier molecular flexibility index (Phi) is 5.46. The fourth-order valence-electron chi connectivity index (χ4n) is 3.82. The summed E-state index contributed by atoms with van der Waals surface area (Å²) in [6, 6.07) is 6.03. The van der Waals surface area contributed by atoms with Gasteiger partial charge in [-0.2, -0.15) is 0 Å². The SMILES string of the molecule is CN1CC[C@]2(CCC1=O)CN(C(=O)NCc1ccc(F)cc1)CCN2C. The number of nitrogens with zero attached hydrogens (tertiary/aromatic N) is 3. The molecule has 1 spiro atoms. The fraction of sp³-hybridized carbons (Fsp3) is 0.579. The molecule has 2 heterocycles. The van der Waals surface area contributed by atoms with E-state index in [1.54, 1.807) is 17.0 Å². The number of likely N-dealkylation sites (tertiary alicyclic amines) is 1. The number of likely N-dealkylation sites (N-methyl/N-ethyl adjacent to an activating group) is 1. The van der Waals surface area contributed by atoms with Gasteiger partial charge in [0.05, 0.1) is 0 Å². The maximum absolute atomic E-state index is 13.0. The topological polar surface area (TPSA) is 55.9 Å². The first-order valence-corrected chi connectivity index (χ1v) is 9.12. The maximum Gasteiger partial charge on any atom is 0.317 e. The first kappa shape index (κ1) is 18.6. The van der Waals surface area contributed by atoms with Gasteiger partial charge in [0.25, 0.3) is 0 Å². The van der Waals surface area contributed by atoms with Crippen LogP contribution in [0, 0.1) is 5.82 Å². The summed E-state index contributed by atoms with van der Waals surface area (Å²) in [5.74, 6) is -0.109. The fourth-order valence-corrected chi connectivity index (χ4v) is 3.82. The van der Waals surface area contributed by atoms with Crippen molar-refractivity contribution in [2.75, 3.05) is 40.3 Å². The summed E-state index contributed by atoms with van der Waals surface area (Å²) in [6.45, 7) is 3.17. The van der Waals surface area contributed by atoms with Gasteiger partial charge in [0.1, 0.15) is 5.82 Å². The van der Waals surface area contributed by atoms with E-state index in [1.807, 2.05) is 11.9 Å². The zero-order chi connectivity index (χ0) is 18.7. The Labute approximate surface area is 153 Å². The third-order valence-corrected chi connectivity index (χ3v) is 5.79. The predicted octanol–water partition coefficient (Wildman–Crippen LogP) is 1.66. The van der Waals surface area contributed by atoms with Crippen molar-refractivity contribution in [1.29, 1.82) is 0 Å². The van der Waals surface area contributed by atoms with E-state index in [0.717, 1.165) is 24.9 Å². The minimum absolute atomic E-state index is 0.106. The van der Waals surface area contributed by atoms with E-state index < -0.39 is 0 Å². The highest BCUT2D eigenvalue weighted by molar-refractivity contribution is 5.76. The van der Waals surface area contributed by atoms with Crippen molar-refractivity contribution in [3.8, 4) is 0 Å². The average Bonchev–Trinajstić information content (AvgIpc) is 2.78. The van der Waals surface area contributed by atoms with Crippen LogP contribution in [0.2, 0.25) is 0 Å². The Morgan fingerprint density at radius 1 is 1.15 bits per heavy atom. The highest BCUT2D eigenvalue weighted by Crippen LogP contribution is 2.31. The van der Waals surface area contributed by atoms with E-state index in [9.17, 15) is 14.0 Å². The van der Waals surface area contributed by atoms with Gasteiger partial charge in [-0.1, -0.05) is 12.1 Å². The molecular formula is C19H27FN4O2. The number of carbonyl (C=O) groups is 2. The highest BCUT2D eigenvalue weighted by Gasteiger charge is 2.42. The summed E-state index contributed by atoms with van der Waals surface area (Å²) in [7, 11) is 3.93. The average molecular weight is 362 g/mol. The molecule has 0 unspecified atom stereocenters. The van der Waals surface area contributed by atoms with E-state index in [1.165, 1.54) is 12.1 Å². The van der Waals surface area contributed by atoms with Crippen molar-refractivity contribution in [2.24, 2.45) is 0 Å². The second-order valence-corrected chi connectivity index (χ2v) is 7.42. The van der Waals surface area contributed by atoms with Crippen LogP contribution >= 0.6 is 0 Å². The maximum atomic E-state index is 13.0. The van der Waals surface area contributed by atoms with Crippen LogP contribution in [-0.2, 0) is 11.3 Å². The molecule has 0 aliphatic carbocycles. The molecule has 142 valence electrons. The highest BCUT2D eigenvalue weighted by atomic mass is 19.1. The molecule has 2 saturated heterocycles. The lowest BCUT2D eigenvalue weighted by Crippen LogP contribution is -2.63. The van der Waals surface area contributed by atoms with Crippen LogP contribution in [0.1, 0.15) is 24.8 Å². The van der Waals surface area contributed by atoms with E-state index in [4.69, 9.17) is 0 Å². The van der Waals surface area contributed by atoms with Crippen molar-refractivity contribution < 1.29 is 14.0 Å². The molecule has 6 nitrogen and oxygen atoms in total. The molecule has 0 saturated carbocycles. The Bertz CT molecular complexity index is 666. The zero-order valence-corrected chi connectivity index (χ0v) is 15.5. The van der Waals surface area contributed by atoms with Gasteiger partial charge >= 0.3 is 6.03 Å². The normalized spacial score (nSPS) is 24.7. The number of hydrogen-bond donors (Lipinski definition) is 1. The van der Waals surface area contributed by atoms with Crippen LogP contribution in [-0.4, -0.2) is 72.5 Å². The number of piperazine rings is 1. The van der Waals surface area contributed by atoms with E-state index in [-0.39, 0.29) is 23.3 Å². The minimum atomic E-state index is -0.283. The summed E-state index contributed by atoms with van der Waals surface area (Å²) in [5, 5.41) is 2.93. The first-order chi connectivity index (χ1) is 12.4. The van der Waals surface area contributed by atoms with Crippen molar-refractivity contribution in [2.45, 2.75) is 31.3 Å². The van der Waals surface area contributed by atoms with Crippen LogP contribution in [0.25, 0.3) is 0 Å². The Morgan fingerprint density at radius 3 is 2.62 bits per heavy atom. The number of nitrogens with one attached hydrogen (secondary N) is 1. The largest absolute Gasteiger partial charge is 0.346 e. The summed E-state index contributed by atoms with van der Waals surface area (Å²) in [4.78, 5) is 30.6. The van der Waals surface area contributed by atoms with E-state index in [2.05, 4.69) is 17.3 Å². The van der Waals surface area contributed by atoms with Gasteiger partial charge in [0.15, 0.2) is 0 Å². The van der Waals surface area contributed by atoms with Gasteiger partial charge in [0, 0.05) is 51.7 Å². The first-order valence-electron chi connectivity index (χ1n) is 9.12. The molecule has 1 N–H and O–H groups in total. The van der Waals surface area contributed by atoms with Crippen LogP contribution < -0.4 is 5.32 Å². The number of amides is 3. The molecule has 1 aromatic rings. The van der Waals surface area contributed by atoms with Crippen LogP contribution in [0.4, 0.5) is 9.18 Å². The smallest absolute Gasteiger partial charge is 0.317 e. The van der Waals surface area contributed by atoms with Gasteiger partial charge in [-0.15, -0.1) is 0 Å². The lowest BCUT2D eigenvalue weighted by atomic mass is 9.86. The standard InChI is InChI=1S/C19H27FN4O2/c1-22-10-9-19(8-7-17(22)25)14-24(12-11-23(19)2)18(26)21-13-15-3-5-16(20)6-4-15/h3-6H,7-14H2,1-2H3,(H,21,26)/t19-/m1/s1. The van der Waals surface area contributed by atoms with Crippen molar-refractivity contribution in [1.82, 2.24) is 20.0 Å². The van der Waals surface area contributed by atoms with Crippen LogP contribution in [0.15, 0.2) is 24.3 Å². The lowest BCUT2D eigenvalue weighted by molar-refractivity contribution is -0.129. The summed E-state index contributed by atoms with van der Waals surface area (Å²) in [6.07, 6.45) is 2.16. The number of rotatable bonds is 2. The molecule has 1 atom stereocenters. The molecule has 2 aliphatic heterocycles. The van der Waals surface area contributed by atoms with Crippen LogP contribution in [0.5, 0.6) is 0 Å². The molecule has 0 bridgehead atoms. The number of carbonyl (C=O) groups excluding carboxylic acids is 2. The third-order valence-electron chi connectivity index (χ3n) is 5.79. The number of urea groups is 1. The predicted molar refractivity (Wildman–Crippen MR) is 97.1 cm³/mol. The van der Waals surface area contributed by atoms with Crippen molar-refractivity contribution in [3.63, 3.8) is 0 Å². The number of benzene rings is 1. The van der Waals surface area contributed by atoms with E-state index in [0.29, 0.717) is 32.6 Å². The van der Waals surface area contributed by atoms with Crippen molar-refractivity contribution in [3.05, 3.63) is 35.6 Å². The molecule has 0 radical (unpaired) electrons. The number of hydrogen-bond acceptors (Lipinski definition) is 3. The molecule has 7 heteroatoms. The van der Waals surface area contributed by atoms with Gasteiger partial charge in [-0.3, -0.25) is 9.69 Å². The molecule has 0 aromatic heterocycles. The van der Waals surface area contributed by atoms with Gasteiger partial charge in [-0.25, -0.2) is 9.18 Å². The summed E-state index contributed by atoms with van der Waals surface area (Å²) < 4.78 is 13.0. The third kappa shape index (κ3) is 3.98. The monoisotopic (exact) mass is 362 g/mol. The molecular weight excluding hydrogens is 335 g/mol.